The number of aliphatic imine (C=N–C) groups is 1. The van der Waals surface area contributed by atoms with E-state index in [1.54, 1.807) is 0 Å². The normalized spacial score (nSPS) is 16.6. The van der Waals surface area contributed by atoms with Crippen LogP contribution in [0.5, 0.6) is 0 Å². The summed E-state index contributed by atoms with van der Waals surface area (Å²) in [6, 6.07) is 21.9. The van der Waals surface area contributed by atoms with Crippen LogP contribution in [-0.2, 0) is 0 Å². The summed E-state index contributed by atoms with van der Waals surface area (Å²) in [5.74, 6) is 0.273. The van der Waals surface area contributed by atoms with Gasteiger partial charge in [-0.05, 0) is 24.0 Å². The highest BCUT2D eigenvalue weighted by atomic mass is 14.8. The Morgan fingerprint density at radius 2 is 1.29 bits per heavy atom. The van der Waals surface area contributed by atoms with E-state index in [0.29, 0.717) is 6.04 Å². The van der Waals surface area contributed by atoms with Crippen molar-refractivity contribution in [3.63, 3.8) is 0 Å². The van der Waals surface area contributed by atoms with Gasteiger partial charge in [-0.2, -0.15) is 0 Å². The summed E-state index contributed by atoms with van der Waals surface area (Å²) in [4.78, 5) is 4.91. The molecule has 2 aromatic rings. The van der Waals surface area contributed by atoms with Crippen molar-refractivity contribution in [2.45, 2.75) is 44.1 Å². The summed E-state index contributed by atoms with van der Waals surface area (Å²) in [6.07, 6.45) is 8.75. The predicted molar refractivity (Wildman–Crippen MR) is 90.1 cm³/mol. The molecule has 1 saturated carbocycles. The third-order valence-electron chi connectivity index (χ3n) is 4.34. The van der Waals surface area contributed by atoms with E-state index in [9.17, 15) is 0 Å². The molecule has 0 radical (unpaired) electrons. The number of rotatable bonds is 4. The lowest BCUT2D eigenvalue weighted by atomic mass is 9.91. The fraction of sp³-hybridized carbons (Fsp3) is 0.350. The molecule has 108 valence electrons. The molecule has 1 nitrogen and oxygen atoms in total. The van der Waals surface area contributed by atoms with Crippen molar-refractivity contribution in [1.82, 2.24) is 0 Å². The van der Waals surface area contributed by atoms with Crippen LogP contribution in [0.1, 0.15) is 49.1 Å². The van der Waals surface area contributed by atoms with Crippen LogP contribution in [0, 0.1) is 0 Å². The van der Waals surface area contributed by atoms with Crippen molar-refractivity contribution >= 4 is 6.21 Å². The van der Waals surface area contributed by atoms with E-state index >= 15 is 0 Å². The van der Waals surface area contributed by atoms with Gasteiger partial charge in [-0.1, -0.05) is 79.9 Å². The van der Waals surface area contributed by atoms with Gasteiger partial charge < -0.3 is 0 Å². The summed E-state index contributed by atoms with van der Waals surface area (Å²) in [5, 5.41) is 0. The number of hydrogen-bond donors (Lipinski definition) is 0. The highest BCUT2D eigenvalue weighted by Crippen LogP contribution is 2.25. The maximum atomic E-state index is 4.91. The molecule has 0 spiro atoms. The molecule has 1 aliphatic rings. The third-order valence-corrected chi connectivity index (χ3v) is 4.34. The fourth-order valence-corrected chi connectivity index (χ4v) is 3.12. The van der Waals surface area contributed by atoms with Gasteiger partial charge in [0.15, 0.2) is 0 Å². The second-order valence-electron chi connectivity index (χ2n) is 5.89. The summed E-state index contributed by atoms with van der Waals surface area (Å²) < 4.78 is 0. The predicted octanol–water partition coefficient (Wildman–Crippen LogP) is 5.22. The van der Waals surface area contributed by atoms with Crippen molar-refractivity contribution in [2.75, 3.05) is 0 Å². The standard InChI is InChI=1S/C20H23N/c1-4-10-17(11-5-1)20(18-12-6-2-7-13-18)16-21-19-14-8-3-9-15-19/h1-2,4-7,10-13,16,19-20H,3,8-9,14-15H2. The summed E-state index contributed by atoms with van der Waals surface area (Å²) in [7, 11) is 0. The van der Waals surface area contributed by atoms with Gasteiger partial charge in [0.2, 0.25) is 0 Å². The van der Waals surface area contributed by atoms with E-state index < -0.39 is 0 Å². The average molecular weight is 277 g/mol. The molecule has 3 rings (SSSR count). The average Bonchev–Trinajstić information content (AvgIpc) is 2.58. The topological polar surface area (TPSA) is 12.4 Å². The number of benzene rings is 2. The Morgan fingerprint density at radius 1 is 0.762 bits per heavy atom. The Bertz CT molecular complexity index is 513. The van der Waals surface area contributed by atoms with E-state index in [0.717, 1.165) is 0 Å². The lowest BCUT2D eigenvalue weighted by Crippen LogP contribution is -2.11. The summed E-state index contributed by atoms with van der Waals surface area (Å²) in [5.41, 5.74) is 2.64. The Balaban J connectivity index is 1.84. The maximum absolute atomic E-state index is 4.91. The van der Waals surface area contributed by atoms with Crippen LogP contribution in [0.15, 0.2) is 65.7 Å². The highest BCUT2D eigenvalue weighted by Gasteiger charge is 2.14. The van der Waals surface area contributed by atoms with Crippen molar-refractivity contribution in [1.29, 1.82) is 0 Å². The van der Waals surface area contributed by atoms with Crippen LogP contribution in [0.3, 0.4) is 0 Å². The molecular weight excluding hydrogens is 254 g/mol. The molecule has 0 aliphatic heterocycles. The lowest BCUT2D eigenvalue weighted by molar-refractivity contribution is 0.444. The van der Waals surface area contributed by atoms with Crippen molar-refractivity contribution in [2.24, 2.45) is 4.99 Å². The van der Waals surface area contributed by atoms with E-state index in [4.69, 9.17) is 4.99 Å². The van der Waals surface area contributed by atoms with Gasteiger partial charge in [0.05, 0.1) is 0 Å². The lowest BCUT2D eigenvalue weighted by Gasteiger charge is -2.19. The van der Waals surface area contributed by atoms with Gasteiger partial charge in [0.1, 0.15) is 0 Å². The van der Waals surface area contributed by atoms with Gasteiger partial charge in [-0.3, -0.25) is 4.99 Å². The summed E-state index contributed by atoms with van der Waals surface area (Å²) >= 11 is 0. The van der Waals surface area contributed by atoms with E-state index in [-0.39, 0.29) is 5.92 Å². The molecule has 0 atom stereocenters. The number of hydrogen-bond acceptors (Lipinski definition) is 1. The van der Waals surface area contributed by atoms with Crippen molar-refractivity contribution < 1.29 is 0 Å². The minimum absolute atomic E-state index is 0.273. The minimum atomic E-state index is 0.273. The van der Waals surface area contributed by atoms with E-state index in [1.165, 1.54) is 43.2 Å². The third kappa shape index (κ3) is 3.81. The monoisotopic (exact) mass is 277 g/mol. The zero-order chi connectivity index (χ0) is 14.3. The van der Waals surface area contributed by atoms with Crippen molar-refractivity contribution in [3.8, 4) is 0 Å². The molecule has 1 heteroatoms. The molecule has 1 aliphatic carbocycles. The largest absolute Gasteiger partial charge is 0.293 e. The maximum Gasteiger partial charge on any atom is 0.0496 e. The van der Waals surface area contributed by atoms with Crippen molar-refractivity contribution in [3.05, 3.63) is 71.8 Å². The van der Waals surface area contributed by atoms with Gasteiger partial charge in [0, 0.05) is 18.2 Å². The van der Waals surface area contributed by atoms with Crippen LogP contribution >= 0.6 is 0 Å². The second kappa shape index (κ2) is 7.21. The van der Waals surface area contributed by atoms with Crippen LogP contribution in [-0.4, -0.2) is 12.3 Å². The second-order valence-corrected chi connectivity index (χ2v) is 5.89. The Labute approximate surface area is 127 Å². The quantitative estimate of drug-likeness (QED) is 0.679. The molecule has 1 fully saturated rings. The Morgan fingerprint density at radius 3 is 1.81 bits per heavy atom. The molecule has 0 aromatic heterocycles. The van der Waals surface area contributed by atoms with Gasteiger partial charge in [-0.15, -0.1) is 0 Å². The molecule has 0 bridgehead atoms. The molecule has 0 heterocycles. The zero-order valence-electron chi connectivity index (χ0n) is 12.5. The molecule has 2 aromatic carbocycles. The molecule has 0 amide bonds. The van der Waals surface area contributed by atoms with Gasteiger partial charge in [0.25, 0.3) is 0 Å². The first kappa shape index (κ1) is 14.1. The first-order chi connectivity index (χ1) is 10.4. The minimum Gasteiger partial charge on any atom is -0.293 e. The first-order valence-electron chi connectivity index (χ1n) is 8.06. The zero-order valence-corrected chi connectivity index (χ0v) is 12.5. The molecule has 0 unspecified atom stereocenters. The molecular formula is C20H23N. The van der Waals surface area contributed by atoms with E-state index in [1.807, 2.05) is 0 Å². The van der Waals surface area contributed by atoms with Crippen LogP contribution in [0.4, 0.5) is 0 Å². The summed E-state index contributed by atoms with van der Waals surface area (Å²) in [6.45, 7) is 0. The smallest absolute Gasteiger partial charge is 0.0496 e. The van der Waals surface area contributed by atoms with Crippen LogP contribution < -0.4 is 0 Å². The molecule has 0 saturated heterocycles. The highest BCUT2D eigenvalue weighted by molar-refractivity contribution is 5.73. The Kier molecular flexibility index (Phi) is 4.83. The SMILES string of the molecule is C(=NC1CCCCC1)C(c1ccccc1)c1ccccc1. The molecule has 21 heavy (non-hydrogen) atoms. The van der Waals surface area contributed by atoms with Gasteiger partial charge >= 0.3 is 0 Å². The van der Waals surface area contributed by atoms with Crippen LogP contribution in [0.25, 0.3) is 0 Å². The first-order valence-corrected chi connectivity index (χ1v) is 8.06. The fourth-order valence-electron chi connectivity index (χ4n) is 3.12. The number of nitrogens with zero attached hydrogens (tertiary/aromatic N) is 1. The Hall–Kier alpha value is -1.89. The molecule has 0 N–H and O–H groups in total. The van der Waals surface area contributed by atoms with Crippen LogP contribution in [0.2, 0.25) is 0 Å². The van der Waals surface area contributed by atoms with E-state index in [2.05, 4.69) is 66.9 Å². The van der Waals surface area contributed by atoms with Gasteiger partial charge in [-0.25, -0.2) is 0 Å².